The van der Waals surface area contributed by atoms with Gasteiger partial charge < -0.3 is 4.90 Å². The molecule has 0 saturated carbocycles. The number of hydrogen-bond acceptors (Lipinski definition) is 4. The highest BCUT2D eigenvalue weighted by atomic mass is 16.2. The van der Waals surface area contributed by atoms with Gasteiger partial charge in [-0.3, -0.25) is 14.4 Å². The standard InChI is InChI=1S/C17H21N3O4/c1-5-14(21)8-11-19(12-9-15(22)6-2)17(24)20(18-4)13-10-16(23)7-3/h5-7H,1-3,8-13H2. The smallest absolute Gasteiger partial charge is 0.319 e. The van der Waals surface area contributed by atoms with Crippen molar-refractivity contribution in [1.29, 1.82) is 0 Å². The molecule has 0 spiro atoms. The lowest BCUT2D eigenvalue weighted by atomic mass is 10.2. The number of carbonyl (C=O) groups excluding carboxylic acids is 4. The summed E-state index contributed by atoms with van der Waals surface area (Å²) in [6, 6.07) is -0.657. The average Bonchev–Trinajstić information content (AvgIpc) is 2.60. The summed E-state index contributed by atoms with van der Waals surface area (Å²) in [6.07, 6.45) is 3.46. The Bertz CT molecular complexity index is 551. The van der Waals surface area contributed by atoms with Crippen molar-refractivity contribution in [3.05, 3.63) is 49.5 Å². The van der Waals surface area contributed by atoms with Gasteiger partial charge in [0, 0.05) is 32.4 Å². The molecule has 0 aromatic carbocycles. The number of hydrogen-bond donors (Lipinski definition) is 0. The normalized spacial score (nSPS) is 9.29. The molecule has 0 aliphatic rings. The van der Waals surface area contributed by atoms with E-state index in [4.69, 9.17) is 6.57 Å². The second-order valence-electron chi connectivity index (χ2n) is 4.75. The van der Waals surface area contributed by atoms with Gasteiger partial charge in [0.15, 0.2) is 17.3 Å². The summed E-state index contributed by atoms with van der Waals surface area (Å²) >= 11 is 0. The first-order chi connectivity index (χ1) is 11.4. The first kappa shape index (κ1) is 21.0. The molecule has 0 N–H and O–H groups in total. The van der Waals surface area contributed by atoms with Crippen LogP contribution in [0.5, 0.6) is 0 Å². The van der Waals surface area contributed by atoms with Crippen molar-refractivity contribution in [3.63, 3.8) is 0 Å². The van der Waals surface area contributed by atoms with Gasteiger partial charge in [0.1, 0.15) is 6.54 Å². The van der Waals surface area contributed by atoms with E-state index in [0.717, 1.165) is 23.2 Å². The van der Waals surface area contributed by atoms with Crippen LogP contribution in [0.2, 0.25) is 0 Å². The Hall–Kier alpha value is -3.01. The predicted octanol–water partition coefficient (Wildman–Crippen LogP) is 1.98. The fraction of sp³-hybridized carbons (Fsp3) is 0.353. The molecule has 0 aliphatic carbocycles. The first-order valence-corrected chi connectivity index (χ1v) is 7.29. The summed E-state index contributed by atoms with van der Waals surface area (Å²) in [5.74, 6) is -0.787. The molecule has 0 rings (SSSR count). The molecule has 0 aromatic rings. The van der Waals surface area contributed by atoms with E-state index in [2.05, 4.69) is 24.7 Å². The van der Waals surface area contributed by atoms with E-state index in [1.165, 1.54) is 4.90 Å². The number of allylic oxidation sites excluding steroid dienone is 3. The van der Waals surface area contributed by atoms with Crippen molar-refractivity contribution >= 4 is 23.4 Å². The zero-order chi connectivity index (χ0) is 18.5. The molecule has 0 unspecified atom stereocenters. The lowest BCUT2D eigenvalue weighted by Crippen LogP contribution is -2.42. The van der Waals surface area contributed by atoms with E-state index >= 15 is 0 Å². The first-order valence-electron chi connectivity index (χ1n) is 7.29. The molecule has 0 atom stereocenters. The molecule has 0 bridgehead atoms. The van der Waals surface area contributed by atoms with Crippen molar-refractivity contribution < 1.29 is 19.2 Å². The maximum atomic E-state index is 12.4. The van der Waals surface area contributed by atoms with E-state index in [-0.39, 0.29) is 56.2 Å². The predicted molar refractivity (Wildman–Crippen MR) is 89.7 cm³/mol. The third-order valence-corrected chi connectivity index (χ3v) is 3.12. The Morgan fingerprint density at radius 3 is 1.50 bits per heavy atom. The van der Waals surface area contributed by atoms with Gasteiger partial charge in [0.2, 0.25) is 0 Å². The number of rotatable bonds is 12. The van der Waals surface area contributed by atoms with Crippen molar-refractivity contribution in [3.8, 4) is 0 Å². The molecular weight excluding hydrogens is 310 g/mol. The van der Waals surface area contributed by atoms with Gasteiger partial charge in [0.25, 0.3) is 0 Å². The van der Waals surface area contributed by atoms with Crippen LogP contribution in [0.15, 0.2) is 38.0 Å². The second kappa shape index (κ2) is 11.5. The highest BCUT2D eigenvalue weighted by Gasteiger charge is 2.26. The summed E-state index contributed by atoms with van der Waals surface area (Å²) in [5, 5.41) is 0.804. The molecular formula is C17H21N3O4. The molecule has 0 fully saturated rings. The van der Waals surface area contributed by atoms with Crippen LogP contribution in [-0.4, -0.2) is 52.9 Å². The van der Waals surface area contributed by atoms with E-state index < -0.39 is 6.03 Å². The van der Waals surface area contributed by atoms with Crippen LogP contribution in [0.3, 0.4) is 0 Å². The maximum Gasteiger partial charge on any atom is 0.385 e. The summed E-state index contributed by atoms with van der Waals surface area (Å²) in [4.78, 5) is 50.7. The van der Waals surface area contributed by atoms with E-state index in [9.17, 15) is 19.2 Å². The molecule has 0 radical (unpaired) electrons. The van der Waals surface area contributed by atoms with Crippen molar-refractivity contribution in [1.82, 2.24) is 9.91 Å². The number of carbonyl (C=O) groups is 4. The summed E-state index contributed by atoms with van der Waals surface area (Å²) in [6.45, 7) is 17.1. The van der Waals surface area contributed by atoms with Crippen molar-refractivity contribution in [2.24, 2.45) is 0 Å². The third-order valence-electron chi connectivity index (χ3n) is 3.12. The molecule has 0 aliphatic heterocycles. The summed E-state index contributed by atoms with van der Waals surface area (Å²) in [7, 11) is 0. The zero-order valence-electron chi connectivity index (χ0n) is 13.6. The fourth-order valence-electron chi connectivity index (χ4n) is 1.67. The van der Waals surface area contributed by atoms with Crippen molar-refractivity contribution in [2.75, 3.05) is 19.6 Å². The summed E-state index contributed by atoms with van der Waals surface area (Å²) in [5.41, 5.74) is 0. The minimum absolute atomic E-state index is 0.0252. The maximum absolute atomic E-state index is 12.4. The van der Waals surface area contributed by atoms with Crippen LogP contribution in [0, 0.1) is 6.57 Å². The minimum Gasteiger partial charge on any atom is -0.319 e. The highest BCUT2D eigenvalue weighted by Crippen LogP contribution is 2.06. The third kappa shape index (κ3) is 7.84. The topological polar surface area (TPSA) is 79.1 Å². The molecule has 0 aromatic heterocycles. The fourth-order valence-corrected chi connectivity index (χ4v) is 1.67. The molecule has 7 heteroatoms. The molecule has 2 amide bonds. The van der Waals surface area contributed by atoms with Crippen LogP contribution in [0.25, 0.3) is 4.95 Å². The number of nitrogens with zero attached hydrogens (tertiary/aromatic N) is 3. The van der Waals surface area contributed by atoms with Gasteiger partial charge in [-0.2, -0.15) is 11.5 Å². The van der Waals surface area contributed by atoms with E-state index in [0.29, 0.717) is 0 Å². The van der Waals surface area contributed by atoms with Crippen LogP contribution < -0.4 is 0 Å². The Morgan fingerprint density at radius 1 is 0.792 bits per heavy atom. The van der Waals surface area contributed by atoms with Crippen LogP contribution in [0.1, 0.15) is 19.3 Å². The van der Waals surface area contributed by atoms with Crippen LogP contribution >= 0.6 is 0 Å². The van der Waals surface area contributed by atoms with Gasteiger partial charge in [-0.25, -0.2) is 4.79 Å². The lowest BCUT2D eigenvalue weighted by Gasteiger charge is -2.22. The molecule has 0 heterocycles. The van der Waals surface area contributed by atoms with E-state index in [1.54, 1.807) is 0 Å². The number of ketones is 3. The number of urea groups is 1. The van der Waals surface area contributed by atoms with Gasteiger partial charge in [-0.15, -0.1) is 0 Å². The van der Waals surface area contributed by atoms with Gasteiger partial charge in [-0.05, 0) is 23.2 Å². The molecule has 128 valence electrons. The molecule has 7 nitrogen and oxygen atoms in total. The highest BCUT2D eigenvalue weighted by molar-refractivity contribution is 5.91. The Labute approximate surface area is 141 Å². The van der Waals surface area contributed by atoms with Gasteiger partial charge in [-0.1, -0.05) is 19.7 Å². The van der Waals surface area contributed by atoms with Crippen LogP contribution in [0.4, 0.5) is 4.79 Å². The SMILES string of the molecule is [C-]#[N+]N(CCC(=O)C=C)C(=O)N(CCC(=O)C=C)CCC(=O)C=C. The van der Waals surface area contributed by atoms with E-state index in [1.807, 2.05) is 0 Å². The largest absolute Gasteiger partial charge is 0.385 e. The Kier molecular flexibility index (Phi) is 10.1. The van der Waals surface area contributed by atoms with Gasteiger partial charge in [0.05, 0.1) is 0 Å². The van der Waals surface area contributed by atoms with Gasteiger partial charge >= 0.3 is 6.03 Å². The van der Waals surface area contributed by atoms with Crippen molar-refractivity contribution in [2.45, 2.75) is 19.3 Å². The average molecular weight is 331 g/mol. The Balaban J connectivity index is 4.97. The second-order valence-corrected chi connectivity index (χ2v) is 4.75. The van der Waals surface area contributed by atoms with Crippen LogP contribution in [-0.2, 0) is 14.4 Å². The minimum atomic E-state index is -0.657. The summed E-state index contributed by atoms with van der Waals surface area (Å²) < 4.78 is 0. The molecule has 24 heavy (non-hydrogen) atoms. The quantitative estimate of drug-likeness (QED) is 0.311. The lowest BCUT2D eigenvalue weighted by molar-refractivity contribution is -0.115. The monoisotopic (exact) mass is 331 g/mol. The molecule has 0 saturated heterocycles. The zero-order valence-corrected chi connectivity index (χ0v) is 13.6. The Morgan fingerprint density at radius 2 is 1.17 bits per heavy atom. The number of amides is 2.